The SMILES string of the molecule is COC(=O)[C@@H]1[C@@H](CO)[C@@H]2Cn3c(ccc(-c4ccc(F)cc4)c3=O)[C@H]1N2C(C)=O. The van der Waals surface area contributed by atoms with Gasteiger partial charge in [-0.3, -0.25) is 14.4 Å². The second kappa shape index (κ2) is 7.11. The molecule has 152 valence electrons. The summed E-state index contributed by atoms with van der Waals surface area (Å²) in [4.78, 5) is 39.7. The first-order valence-corrected chi connectivity index (χ1v) is 9.36. The van der Waals surface area contributed by atoms with E-state index in [1.165, 1.54) is 38.3 Å². The number of hydrogen-bond donors (Lipinski definition) is 1. The van der Waals surface area contributed by atoms with E-state index < -0.39 is 35.7 Å². The Morgan fingerprint density at radius 3 is 2.48 bits per heavy atom. The van der Waals surface area contributed by atoms with Gasteiger partial charge in [-0.05, 0) is 29.8 Å². The largest absolute Gasteiger partial charge is 0.469 e. The number of halogens is 1. The summed E-state index contributed by atoms with van der Waals surface area (Å²) in [7, 11) is 1.27. The van der Waals surface area contributed by atoms with Crippen molar-refractivity contribution in [1.29, 1.82) is 0 Å². The zero-order valence-corrected chi connectivity index (χ0v) is 16.0. The zero-order chi connectivity index (χ0) is 20.9. The minimum absolute atomic E-state index is 0.165. The summed E-state index contributed by atoms with van der Waals surface area (Å²) in [6.45, 7) is 1.27. The number of aliphatic hydroxyl groups is 1. The van der Waals surface area contributed by atoms with Crippen LogP contribution in [0.4, 0.5) is 4.39 Å². The highest BCUT2D eigenvalue weighted by atomic mass is 19.1. The third-order valence-corrected chi connectivity index (χ3v) is 6.04. The van der Waals surface area contributed by atoms with Gasteiger partial charge in [0.1, 0.15) is 5.82 Å². The van der Waals surface area contributed by atoms with Gasteiger partial charge in [-0.1, -0.05) is 12.1 Å². The number of fused-ring (bicyclic) bond motifs is 4. The quantitative estimate of drug-likeness (QED) is 0.786. The molecular formula is C21H21FN2O5. The lowest BCUT2D eigenvalue weighted by atomic mass is 9.87. The average Bonchev–Trinajstić information content (AvgIpc) is 2.96. The summed E-state index contributed by atoms with van der Waals surface area (Å²) in [5, 5.41) is 9.97. The number of nitrogens with zero attached hydrogens (tertiary/aromatic N) is 2. The van der Waals surface area contributed by atoms with Crippen LogP contribution in [-0.4, -0.2) is 46.2 Å². The van der Waals surface area contributed by atoms with Gasteiger partial charge < -0.3 is 19.3 Å². The lowest BCUT2D eigenvalue weighted by molar-refractivity contribution is -0.148. The highest BCUT2D eigenvalue weighted by molar-refractivity contribution is 5.80. The Labute approximate surface area is 166 Å². The van der Waals surface area contributed by atoms with Crippen LogP contribution < -0.4 is 5.56 Å². The number of carbonyl (C=O) groups is 2. The molecule has 4 rings (SSSR count). The molecule has 1 amide bonds. The lowest BCUT2D eigenvalue weighted by Gasteiger charge is -2.37. The van der Waals surface area contributed by atoms with Crippen LogP contribution in [0.2, 0.25) is 0 Å². The van der Waals surface area contributed by atoms with Gasteiger partial charge in [0.2, 0.25) is 5.91 Å². The van der Waals surface area contributed by atoms with E-state index in [-0.39, 0.29) is 24.6 Å². The Morgan fingerprint density at radius 1 is 1.21 bits per heavy atom. The van der Waals surface area contributed by atoms with E-state index in [0.717, 1.165) is 0 Å². The van der Waals surface area contributed by atoms with Crippen LogP contribution >= 0.6 is 0 Å². The summed E-state index contributed by atoms with van der Waals surface area (Å²) in [5.74, 6) is -2.44. The molecule has 4 atom stereocenters. The van der Waals surface area contributed by atoms with Crippen LogP contribution in [0.3, 0.4) is 0 Å². The second-order valence-electron chi connectivity index (χ2n) is 7.43. The molecule has 0 spiro atoms. The fourth-order valence-electron chi connectivity index (χ4n) is 4.79. The molecule has 2 aromatic rings. The molecule has 1 aromatic heterocycles. The lowest BCUT2D eigenvalue weighted by Crippen LogP contribution is -2.48. The molecule has 0 radical (unpaired) electrons. The number of aliphatic hydroxyl groups excluding tert-OH is 1. The molecule has 1 aromatic carbocycles. The first kappa shape index (κ1) is 19.3. The molecule has 3 heterocycles. The first-order chi connectivity index (χ1) is 13.9. The van der Waals surface area contributed by atoms with Crippen molar-refractivity contribution in [3.63, 3.8) is 0 Å². The summed E-state index contributed by atoms with van der Waals surface area (Å²) in [6.07, 6.45) is 0. The minimum atomic E-state index is -0.760. The van der Waals surface area contributed by atoms with Crippen LogP contribution in [-0.2, 0) is 20.9 Å². The topological polar surface area (TPSA) is 88.8 Å². The first-order valence-electron chi connectivity index (χ1n) is 9.36. The fourth-order valence-corrected chi connectivity index (χ4v) is 4.79. The van der Waals surface area contributed by atoms with E-state index in [0.29, 0.717) is 16.8 Å². The number of ether oxygens (including phenoxy) is 1. The second-order valence-corrected chi connectivity index (χ2v) is 7.43. The molecular weight excluding hydrogens is 379 g/mol. The van der Waals surface area contributed by atoms with Crippen LogP contribution in [0.25, 0.3) is 11.1 Å². The van der Waals surface area contributed by atoms with Crippen molar-refractivity contribution in [2.24, 2.45) is 11.8 Å². The standard InChI is InChI=1S/C21H21FN2O5/c1-11(26)24-17-9-23-16(19(24)18(15(17)10-25)21(28)29-2)8-7-14(20(23)27)12-3-5-13(22)6-4-12/h3-8,15,17-19,25H,9-10H2,1-2H3/t15-,17-,18+,19+/m0/s1. The van der Waals surface area contributed by atoms with Crippen LogP contribution in [0.5, 0.6) is 0 Å². The molecule has 7 nitrogen and oxygen atoms in total. The third-order valence-electron chi connectivity index (χ3n) is 6.04. The van der Waals surface area contributed by atoms with E-state index in [2.05, 4.69) is 0 Å². The number of aromatic nitrogens is 1. The van der Waals surface area contributed by atoms with Gasteiger partial charge in [-0.25, -0.2) is 4.39 Å². The molecule has 29 heavy (non-hydrogen) atoms. The van der Waals surface area contributed by atoms with E-state index >= 15 is 0 Å². The van der Waals surface area contributed by atoms with Crippen molar-refractivity contribution >= 4 is 11.9 Å². The molecule has 1 fully saturated rings. The van der Waals surface area contributed by atoms with E-state index in [9.17, 15) is 23.9 Å². The van der Waals surface area contributed by atoms with Gasteiger partial charge in [0.15, 0.2) is 0 Å². The van der Waals surface area contributed by atoms with Gasteiger partial charge in [-0.15, -0.1) is 0 Å². The zero-order valence-electron chi connectivity index (χ0n) is 16.0. The predicted octanol–water partition coefficient (Wildman–Crippen LogP) is 1.34. The highest BCUT2D eigenvalue weighted by Crippen LogP contribution is 2.48. The molecule has 0 aliphatic carbocycles. The normalized spacial score (nSPS) is 24.9. The number of hydrogen-bond acceptors (Lipinski definition) is 5. The number of pyridine rings is 1. The van der Waals surface area contributed by atoms with Crippen molar-refractivity contribution in [3.05, 3.63) is 58.3 Å². The number of esters is 1. The Bertz CT molecular complexity index is 1030. The van der Waals surface area contributed by atoms with Crippen LogP contribution in [0.15, 0.2) is 41.2 Å². The summed E-state index contributed by atoms with van der Waals surface area (Å²) >= 11 is 0. The van der Waals surface area contributed by atoms with Crippen molar-refractivity contribution < 1.29 is 23.8 Å². The Morgan fingerprint density at radius 2 is 1.90 bits per heavy atom. The molecule has 8 heteroatoms. The maximum atomic E-state index is 13.3. The fraction of sp³-hybridized carbons (Fsp3) is 0.381. The van der Waals surface area contributed by atoms with Gasteiger partial charge in [-0.2, -0.15) is 0 Å². The Hall–Kier alpha value is -3.00. The molecule has 0 unspecified atom stereocenters. The number of rotatable bonds is 3. The molecule has 0 saturated carbocycles. The molecule has 1 N–H and O–H groups in total. The maximum absolute atomic E-state index is 13.3. The molecule has 2 aliphatic heterocycles. The van der Waals surface area contributed by atoms with Gasteiger partial charge in [0.25, 0.3) is 5.56 Å². The average molecular weight is 400 g/mol. The van der Waals surface area contributed by atoms with Gasteiger partial charge in [0.05, 0.1) is 25.1 Å². The van der Waals surface area contributed by atoms with Crippen molar-refractivity contribution in [1.82, 2.24) is 9.47 Å². The van der Waals surface area contributed by atoms with E-state index in [4.69, 9.17) is 4.74 Å². The summed E-state index contributed by atoms with van der Waals surface area (Å²) in [5.41, 5.74) is 1.23. The minimum Gasteiger partial charge on any atom is -0.469 e. The smallest absolute Gasteiger partial charge is 0.311 e. The molecule has 2 bridgehead atoms. The molecule has 1 saturated heterocycles. The number of methoxy groups -OCH3 is 1. The highest BCUT2D eigenvalue weighted by Gasteiger charge is 2.57. The van der Waals surface area contributed by atoms with Crippen molar-refractivity contribution in [2.75, 3.05) is 13.7 Å². The maximum Gasteiger partial charge on any atom is 0.311 e. The van der Waals surface area contributed by atoms with Gasteiger partial charge in [0, 0.05) is 37.3 Å². The van der Waals surface area contributed by atoms with E-state index in [1.54, 1.807) is 21.6 Å². The Balaban J connectivity index is 1.88. The van der Waals surface area contributed by atoms with Crippen molar-refractivity contribution in [3.8, 4) is 11.1 Å². The predicted molar refractivity (Wildman–Crippen MR) is 101 cm³/mol. The van der Waals surface area contributed by atoms with Crippen LogP contribution in [0.1, 0.15) is 18.7 Å². The van der Waals surface area contributed by atoms with Crippen molar-refractivity contribution in [2.45, 2.75) is 25.6 Å². The Kier molecular flexibility index (Phi) is 4.74. The number of benzene rings is 1. The van der Waals surface area contributed by atoms with Gasteiger partial charge >= 0.3 is 5.97 Å². The third kappa shape index (κ3) is 2.86. The summed E-state index contributed by atoms with van der Waals surface area (Å²) < 4.78 is 19.7. The van der Waals surface area contributed by atoms with E-state index in [1.807, 2.05) is 0 Å². The summed E-state index contributed by atoms with van der Waals surface area (Å²) in [6, 6.07) is 7.79. The van der Waals surface area contributed by atoms with Crippen LogP contribution in [0, 0.1) is 17.7 Å². The number of carbonyl (C=O) groups excluding carboxylic acids is 2. The monoisotopic (exact) mass is 400 g/mol. The molecule has 2 aliphatic rings. The number of amides is 1.